The van der Waals surface area contributed by atoms with E-state index in [9.17, 15) is 48.3 Å². The predicted molar refractivity (Wildman–Crippen MR) is 596 cm³/mol. The molecule has 0 spiro atoms. The van der Waals surface area contributed by atoms with E-state index < -0.39 is 5.60 Å². The first-order chi connectivity index (χ1) is 67.6. The normalized spacial score (nSPS) is 23.5. The molecule has 12 saturated heterocycles. The Balaban J connectivity index is 0.000000342. The molecule has 0 aromatic heterocycles. The Morgan fingerprint density at radius 3 is 1.03 bits per heavy atom. The lowest BCUT2D eigenvalue weighted by Crippen LogP contribution is -2.59. The van der Waals surface area contributed by atoms with Crippen molar-refractivity contribution >= 4 is 53.2 Å². The Morgan fingerprint density at radius 1 is 0.342 bits per heavy atom. The summed E-state index contributed by atoms with van der Waals surface area (Å²) >= 11 is 0. The van der Waals surface area contributed by atoms with Gasteiger partial charge < -0.3 is 54.1 Å². The zero-order valence-electron chi connectivity index (χ0n) is 98.2. The number of hydrogen-bond donors (Lipinski definition) is 1. The molecule has 12 heterocycles. The van der Waals surface area contributed by atoms with Crippen LogP contribution in [0.5, 0.6) is 0 Å². The number of carbonyl (C=O) groups is 9. The molecule has 12 aliphatic rings. The number of likely N-dealkylation sites (N-methyl/N-ethyl adjacent to an activating group) is 1. The van der Waals surface area contributed by atoms with Gasteiger partial charge in [-0.15, -0.1) is 0 Å². The first kappa shape index (κ1) is 130. The number of fused-ring (bicyclic) bond motifs is 6. The van der Waals surface area contributed by atoms with Gasteiger partial charge in [0, 0.05) is 301 Å². The quantitative estimate of drug-likeness (QED) is 0.184. The van der Waals surface area contributed by atoms with Crippen molar-refractivity contribution in [1.29, 1.82) is 0 Å². The van der Waals surface area contributed by atoms with E-state index in [1.807, 2.05) is 71.2 Å². The third-order valence-corrected chi connectivity index (χ3v) is 29.2. The van der Waals surface area contributed by atoms with Gasteiger partial charge in [-0.25, -0.2) is 0 Å². The molecule has 1 N–H and O–H groups in total. The molecule has 29 nitrogen and oxygen atoms in total. The molecule has 12 rings (SSSR count). The fraction of sp³-hybridized carbons (Fsp3) is 0.769. The number of carbonyl (C=O) groups excluding carboxylic acids is 9. The average molecular weight is 2030 g/mol. The van der Waals surface area contributed by atoms with Gasteiger partial charge in [-0.2, -0.15) is 0 Å². The molecular formula is C117H199N19O10. The first-order valence-electron chi connectivity index (χ1n) is 54.1. The SMILES string of the molecule is C=CC(=O)N1CCN(C(C)(C)C)C(C)C1.C=CC(=O)N1[C@@H]2CC[C@H]1CN(C(C)C)C2.CC#CC(=O)N1CCN(C(C)(C)C)C(C)C1.CC#CC(=O)N1CCN(C(C)(C)C)CC1C.CC#CC(=O)N1C[C@@H]2C[C@H]1CN2C(C)(C)C.CC#CC(=O)N1[C@@H]2CC[C@H]1CN(C(C)C)C2.CC(C)(O)C#CC(=O)N1CCN(C(C)(C)C)CC1.CCC#CC(=O)N1CCN(C(C)(C)C)CC1.CN(C)C/C=C/C(=O)N1CCN(C(C)(C)C)CC1. The van der Waals surface area contributed by atoms with Crippen LogP contribution in [-0.2, 0) is 43.2 Å². The molecule has 0 aliphatic carbocycles. The summed E-state index contributed by atoms with van der Waals surface area (Å²) in [5.41, 5.74) is 0.190. The third-order valence-electron chi connectivity index (χ3n) is 29.2. The van der Waals surface area contributed by atoms with Gasteiger partial charge in [0.15, 0.2) is 0 Å². The second kappa shape index (κ2) is 58.7. The lowest BCUT2D eigenvalue weighted by Gasteiger charge is -2.46. The minimum absolute atomic E-state index is 0.00330. The lowest BCUT2D eigenvalue weighted by molar-refractivity contribution is -0.132. The monoisotopic (exact) mass is 2030 g/mol. The standard InChI is InChI=1S/C14H27N3O.C14H24N2O2.2C13H20N2O.3C13H22N2O.C12H20N2O.C12H22N2O/c1-14(2,3)17-11-9-16(10-12-17)13(18)7-6-8-15(4)5;1-13(2,3)16-10-8-15(9-11-16)12(17)6-7-14(4,5)18;1-5-6-12(16)14-8-11-7-10(14)9-15(11)13(2,3)4;1-4-5-13(16)15-11-6-7-12(15)9-14(8-11)10(2)3;1-6-7-12(16)15-9-8-14(10-11(15)2)13(3,4)5;1-6-7-12(16)14-8-9-15(11(2)10-14)13(3,4)5;1-5-6-7-12(16)14-8-10-15(11-9-14)13(2,3)4;1-4-12(15)14-10-5-6-11(14)8-13(7-10)9(2)3;1-6-11(15)13-7-8-14(10(2)9-13)12(3,4)5/h6-7H,8-12H2,1-5H3;18H,8-11H2,1-5H3;10-11H,7-9H2,1-4H3;10-12H,6-9H2,1-3H3;2*11H,8-10H2,1-5H3;5,8-11H2,1-4H3;4,9-11H,1,5-8H2,2-3H3;6,10H,1,7-9H2,2-5H3/b7-6+;;;;;;;;/t;;10-,11-;11-,12+;;;;10-,11+;/m..0....../s1. The van der Waals surface area contributed by atoms with E-state index in [4.69, 9.17) is 0 Å². The second-order valence-corrected chi connectivity index (χ2v) is 49.0. The molecule has 0 saturated carbocycles. The van der Waals surface area contributed by atoms with E-state index in [2.05, 4.69) is 322 Å². The summed E-state index contributed by atoms with van der Waals surface area (Å²) in [5, 5.41) is 9.46. The summed E-state index contributed by atoms with van der Waals surface area (Å²) in [5.74, 6) is 31.9. The van der Waals surface area contributed by atoms with Gasteiger partial charge in [-0.3, -0.25) is 87.3 Å². The van der Waals surface area contributed by atoms with Crippen molar-refractivity contribution in [2.75, 3.05) is 197 Å². The molecule has 0 radical (unpaired) electrons. The first-order valence-corrected chi connectivity index (χ1v) is 54.1. The van der Waals surface area contributed by atoms with Crippen LogP contribution in [0, 0.1) is 71.0 Å². The van der Waals surface area contributed by atoms with Crippen LogP contribution in [0.4, 0.5) is 0 Å². The van der Waals surface area contributed by atoms with Crippen molar-refractivity contribution in [2.45, 2.75) is 392 Å². The Kier molecular flexibility index (Phi) is 52.1. The number of likely N-dealkylation sites (tertiary alicyclic amines) is 4. The van der Waals surface area contributed by atoms with E-state index in [1.54, 1.807) is 52.5 Å². The zero-order chi connectivity index (χ0) is 111. The summed E-state index contributed by atoms with van der Waals surface area (Å²) in [6.07, 6.45) is 13.0. The Bertz CT molecular complexity index is 4590. The van der Waals surface area contributed by atoms with Gasteiger partial charge in [0.25, 0.3) is 35.4 Å². The number of rotatable bonds is 7. The van der Waals surface area contributed by atoms with Gasteiger partial charge >= 0.3 is 0 Å². The predicted octanol–water partition coefficient (Wildman–Crippen LogP) is 10.7. The Labute approximate surface area is 887 Å². The molecule has 6 bridgehead atoms. The van der Waals surface area contributed by atoms with E-state index in [0.717, 1.165) is 209 Å². The highest BCUT2D eigenvalue weighted by atomic mass is 16.3. The van der Waals surface area contributed by atoms with E-state index in [1.165, 1.54) is 12.2 Å². The number of piperazine rings is 9. The molecule has 12 fully saturated rings. The largest absolute Gasteiger partial charge is 0.378 e. The average Bonchev–Trinajstić information content (AvgIpc) is 1.97. The van der Waals surface area contributed by atoms with Crippen LogP contribution < -0.4 is 0 Å². The van der Waals surface area contributed by atoms with Crippen LogP contribution in [0.25, 0.3) is 0 Å². The molecule has 0 aromatic rings. The highest BCUT2D eigenvalue weighted by molar-refractivity contribution is 5.96. The number of amides is 9. The number of aliphatic hydroxyl groups is 1. The summed E-state index contributed by atoms with van der Waals surface area (Å²) in [7, 11) is 3.99. The van der Waals surface area contributed by atoms with Crippen LogP contribution in [0.3, 0.4) is 0 Å². The van der Waals surface area contributed by atoms with Gasteiger partial charge in [0.1, 0.15) is 5.60 Å². The molecule has 9 atom stereocenters. The van der Waals surface area contributed by atoms with Gasteiger partial charge in [-0.1, -0.05) is 61.7 Å². The van der Waals surface area contributed by atoms with Crippen LogP contribution in [-0.4, -0.2) is 460 Å². The minimum Gasteiger partial charge on any atom is -0.378 e. The van der Waals surface area contributed by atoms with Gasteiger partial charge in [-0.05, 0) is 329 Å². The van der Waals surface area contributed by atoms with Crippen LogP contribution in [0.1, 0.15) is 281 Å². The maximum absolute atomic E-state index is 11.9. The van der Waals surface area contributed by atoms with Crippen molar-refractivity contribution in [1.82, 2.24) is 93.1 Å². The molecular weight excluding hydrogens is 1830 g/mol. The van der Waals surface area contributed by atoms with Crippen molar-refractivity contribution in [3.8, 4) is 71.0 Å². The second-order valence-electron chi connectivity index (χ2n) is 49.0. The molecule has 12 aliphatic heterocycles. The van der Waals surface area contributed by atoms with Crippen LogP contribution in [0.2, 0.25) is 0 Å². The summed E-state index contributed by atoms with van der Waals surface area (Å²) < 4.78 is 0. The minimum atomic E-state index is -1.11. The Hall–Kier alpha value is -8.63. The van der Waals surface area contributed by atoms with E-state index in [-0.39, 0.29) is 98.0 Å². The Morgan fingerprint density at radius 2 is 0.692 bits per heavy atom. The fourth-order valence-corrected chi connectivity index (χ4v) is 21.0. The number of nitrogens with zero attached hydrogens (tertiary/aromatic N) is 19. The maximum Gasteiger partial charge on any atom is 0.299 e. The van der Waals surface area contributed by atoms with Crippen LogP contribution >= 0.6 is 0 Å². The summed E-state index contributed by atoms with van der Waals surface area (Å²) in [6, 6.07) is 4.81. The van der Waals surface area contributed by atoms with Gasteiger partial charge in [0.05, 0.1) is 0 Å². The summed E-state index contributed by atoms with van der Waals surface area (Å²) in [6.45, 7) is 106. The van der Waals surface area contributed by atoms with Crippen molar-refractivity contribution in [2.24, 2.45) is 0 Å². The maximum atomic E-state index is 11.9. The molecule has 29 heteroatoms. The van der Waals surface area contributed by atoms with Crippen molar-refractivity contribution < 1.29 is 48.3 Å². The fourth-order valence-electron chi connectivity index (χ4n) is 21.0. The highest BCUT2D eigenvalue weighted by Crippen LogP contribution is 2.37. The third kappa shape index (κ3) is 42.3. The van der Waals surface area contributed by atoms with E-state index in [0.29, 0.717) is 73.5 Å². The van der Waals surface area contributed by atoms with E-state index >= 15 is 0 Å². The molecule has 146 heavy (non-hydrogen) atoms. The number of hydrogen-bond acceptors (Lipinski definition) is 20. The molecule has 822 valence electrons. The van der Waals surface area contributed by atoms with Crippen molar-refractivity contribution in [3.05, 3.63) is 37.5 Å². The molecule has 9 amide bonds. The van der Waals surface area contributed by atoms with Crippen molar-refractivity contribution in [3.63, 3.8) is 0 Å². The molecule has 0 aromatic carbocycles. The zero-order valence-corrected chi connectivity index (χ0v) is 98.2. The smallest absolute Gasteiger partial charge is 0.299 e. The topological polar surface area (TPSA) is 235 Å². The van der Waals surface area contributed by atoms with Crippen LogP contribution in [0.15, 0.2) is 37.5 Å². The molecule has 3 unspecified atom stereocenters. The van der Waals surface area contributed by atoms with Gasteiger partial charge in [0.2, 0.25) is 17.7 Å². The lowest BCUT2D eigenvalue weighted by atomic mass is 10.0. The highest BCUT2D eigenvalue weighted by Gasteiger charge is 2.49. The summed E-state index contributed by atoms with van der Waals surface area (Å²) in [4.78, 5) is 147.